The number of rotatable bonds is 2. The highest BCUT2D eigenvalue weighted by Gasteiger charge is 2.29. The van der Waals surface area contributed by atoms with E-state index in [1.165, 1.54) is 0 Å². The number of carbonyl (C=O) groups is 1. The Labute approximate surface area is 128 Å². The van der Waals surface area contributed by atoms with Crippen LogP contribution in [0.4, 0.5) is 10.5 Å². The fraction of sp³-hybridized carbons (Fsp3) is 0.188. The lowest BCUT2D eigenvalue weighted by Crippen LogP contribution is -2.23. The number of amides is 1. The van der Waals surface area contributed by atoms with Gasteiger partial charge in [0.25, 0.3) is 0 Å². The van der Waals surface area contributed by atoms with Crippen molar-refractivity contribution in [2.45, 2.75) is 19.8 Å². The molecule has 0 radical (unpaired) electrons. The van der Waals surface area contributed by atoms with Crippen LogP contribution in [0.25, 0.3) is 0 Å². The first-order valence-electron chi connectivity index (χ1n) is 6.56. The molecule has 6 nitrogen and oxygen atoms in total. The number of hydrogen-bond donors (Lipinski definition) is 3. The summed E-state index contributed by atoms with van der Waals surface area (Å²) in [4.78, 5) is 10.8. The summed E-state index contributed by atoms with van der Waals surface area (Å²) in [5, 5.41) is 32.9. The van der Waals surface area contributed by atoms with E-state index < -0.39 is 12.0 Å². The molecule has 1 aromatic rings. The number of benzene rings is 1. The Morgan fingerprint density at radius 1 is 1.23 bits per heavy atom. The van der Waals surface area contributed by atoms with E-state index >= 15 is 0 Å². The third-order valence-corrected chi connectivity index (χ3v) is 3.47. The first-order valence-corrected chi connectivity index (χ1v) is 6.56. The number of dihydropyridines is 1. The van der Waals surface area contributed by atoms with Gasteiger partial charge in [-0.2, -0.15) is 10.5 Å². The fourth-order valence-electron chi connectivity index (χ4n) is 2.54. The minimum atomic E-state index is -1.16. The van der Waals surface area contributed by atoms with Crippen LogP contribution in [0.1, 0.15) is 25.3 Å². The number of allylic oxidation sites excluding steroid dienone is 4. The van der Waals surface area contributed by atoms with Gasteiger partial charge in [0, 0.05) is 17.1 Å². The Hall–Kier alpha value is -3.25. The summed E-state index contributed by atoms with van der Waals surface area (Å²) in [6.45, 7) is 3.56. The van der Waals surface area contributed by atoms with Gasteiger partial charge in [-0.15, -0.1) is 0 Å². The molecule has 0 atom stereocenters. The van der Waals surface area contributed by atoms with Crippen molar-refractivity contribution in [3.05, 3.63) is 52.4 Å². The van der Waals surface area contributed by atoms with Crippen molar-refractivity contribution >= 4 is 11.8 Å². The molecule has 0 unspecified atom stereocenters. The fourth-order valence-corrected chi connectivity index (χ4v) is 2.54. The Morgan fingerprint density at radius 2 is 1.82 bits per heavy atom. The van der Waals surface area contributed by atoms with Gasteiger partial charge in [0.2, 0.25) is 0 Å². The highest BCUT2D eigenvalue weighted by Crippen LogP contribution is 2.37. The molecule has 6 heteroatoms. The summed E-state index contributed by atoms with van der Waals surface area (Å²) >= 11 is 0. The lowest BCUT2D eigenvalue weighted by molar-refractivity contribution is 0.210. The van der Waals surface area contributed by atoms with Crippen LogP contribution in [-0.4, -0.2) is 11.2 Å². The third-order valence-electron chi connectivity index (χ3n) is 3.47. The molecule has 0 saturated heterocycles. The first-order chi connectivity index (χ1) is 10.5. The molecular weight excluding hydrogens is 280 g/mol. The van der Waals surface area contributed by atoms with Crippen LogP contribution >= 0.6 is 0 Å². The molecule has 0 aromatic heterocycles. The van der Waals surface area contributed by atoms with E-state index in [4.69, 9.17) is 5.11 Å². The van der Waals surface area contributed by atoms with Crippen LogP contribution in [0.2, 0.25) is 0 Å². The van der Waals surface area contributed by atoms with Crippen molar-refractivity contribution in [2.24, 2.45) is 0 Å². The molecular formula is C16H14N4O2. The van der Waals surface area contributed by atoms with Crippen molar-refractivity contribution in [1.82, 2.24) is 5.32 Å². The van der Waals surface area contributed by atoms with Crippen LogP contribution in [0.15, 0.2) is 46.8 Å². The highest BCUT2D eigenvalue weighted by molar-refractivity contribution is 5.83. The number of nitrogens with zero attached hydrogens (tertiary/aromatic N) is 2. The van der Waals surface area contributed by atoms with Crippen LogP contribution in [-0.2, 0) is 0 Å². The second-order valence-corrected chi connectivity index (χ2v) is 4.91. The Bertz CT molecular complexity index is 742. The molecule has 0 bridgehead atoms. The number of carboxylic acid groups (broad SMARTS) is 1. The molecule has 1 heterocycles. The van der Waals surface area contributed by atoms with Crippen molar-refractivity contribution in [2.75, 3.05) is 5.32 Å². The van der Waals surface area contributed by atoms with Crippen LogP contribution < -0.4 is 10.6 Å². The molecule has 2 rings (SSSR count). The summed E-state index contributed by atoms with van der Waals surface area (Å²) in [5.41, 5.74) is 3.39. The lowest BCUT2D eigenvalue weighted by atomic mass is 9.81. The molecule has 0 fully saturated rings. The summed E-state index contributed by atoms with van der Waals surface area (Å²) in [6.07, 6.45) is -1.16. The second-order valence-electron chi connectivity index (χ2n) is 4.91. The molecule has 0 spiro atoms. The van der Waals surface area contributed by atoms with Crippen LogP contribution in [0, 0.1) is 22.7 Å². The maximum atomic E-state index is 10.8. The SMILES string of the molecule is CC1=C(C#N)C(c2cccc(NC(=O)O)c2)C(C#N)=C(C)N1. The first kappa shape index (κ1) is 15.1. The molecule has 0 saturated carbocycles. The van der Waals surface area contributed by atoms with Gasteiger partial charge in [0.1, 0.15) is 0 Å². The predicted molar refractivity (Wildman–Crippen MR) is 80.6 cm³/mol. The number of nitriles is 2. The smallest absolute Gasteiger partial charge is 0.409 e. The van der Waals surface area contributed by atoms with Gasteiger partial charge >= 0.3 is 6.09 Å². The zero-order chi connectivity index (χ0) is 16.3. The van der Waals surface area contributed by atoms with Gasteiger partial charge in [-0.05, 0) is 31.5 Å². The van der Waals surface area contributed by atoms with Gasteiger partial charge in [-0.25, -0.2) is 4.79 Å². The van der Waals surface area contributed by atoms with Crippen LogP contribution in [0.5, 0.6) is 0 Å². The van der Waals surface area contributed by atoms with Gasteiger partial charge in [0.15, 0.2) is 0 Å². The average Bonchev–Trinajstić information content (AvgIpc) is 2.46. The van der Waals surface area contributed by atoms with Gasteiger partial charge in [-0.1, -0.05) is 12.1 Å². The van der Waals surface area contributed by atoms with E-state index in [2.05, 4.69) is 22.8 Å². The zero-order valence-electron chi connectivity index (χ0n) is 12.1. The standard InChI is InChI=1S/C16H14N4O2/c1-9-13(7-17)15(14(8-18)10(2)19-9)11-4-3-5-12(6-11)20-16(21)22/h3-6,15,19-20H,1-2H3,(H,21,22). The Morgan fingerprint density at radius 3 is 2.32 bits per heavy atom. The Balaban J connectivity index is 2.56. The van der Waals surface area contributed by atoms with E-state index in [0.29, 0.717) is 33.8 Å². The van der Waals surface area contributed by atoms with E-state index in [1.807, 2.05) is 0 Å². The number of hydrogen-bond acceptors (Lipinski definition) is 4. The molecule has 1 amide bonds. The Kier molecular flexibility index (Phi) is 4.15. The van der Waals surface area contributed by atoms with E-state index in [9.17, 15) is 15.3 Å². The summed E-state index contributed by atoms with van der Waals surface area (Å²) in [7, 11) is 0. The zero-order valence-corrected chi connectivity index (χ0v) is 12.1. The summed E-state index contributed by atoms with van der Waals surface area (Å²) in [6, 6.07) is 11.0. The number of nitrogens with one attached hydrogen (secondary N) is 2. The normalized spacial score (nSPS) is 14.9. The number of anilines is 1. The van der Waals surface area contributed by atoms with Gasteiger partial charge in [0.05, 0.1) is 29.2 Å². The van der Waals surface area contributed by atoms with Crippen molar-refractivity contribution in [1.29, 1.82) is 10.5 Å². The maximum absolute atomic E-state index is 10.8. The molecule has 110 valence electrons. The third kappa shape index (κ3) is 2.77. The van der Waals surface area contributed by atoms with Gasteiger partial charge in [-0.3, -0.25) is 5.32 Å². The molecule has 3 N–H and O–H groups in total. The molecule has 1 aliphatic heterocycles. The predicted octanol–water partition coefficient (Wildman–Crippen LogP) is 3.06. The molecule has 1 aromatic carbocycles. The van der Waals surface area contributed by atoms with E-state index in [-0.39, 0.29) is 0 Å². The van der Waals surface area contributed by atoms with Crippen molar-refractivity contribution in [3.8, 4) is 12.1 Å². The van der Waals surface area contributed by atoms with E-state index in [0.717, 1.165) is 0 Å². The average molecular weight is 294 g/mol. The minimum absolute atomic E-state index is 0.397. The second kappa shape index (κ2) is 6.02. The maximum Gasteiger partial charge on any atom is 0.409 e. The van der Waals surface area contributed by atoms with Crippen molar-refractivity contribution < 1.29 is 9.90 Å². The molecule has 22 heavy (non-hydrogen) atoms. The van der Waals surface area contributed by atoms with Crippen molar-refractivity contribution in [3.63, 3.8) is 0 Å². The topological polar surface area (TPSA) is 109 Å². The highest BCUT2D eigenvalue weighted by atomic mass is 16.4. The monoisotopic (exact) mass is 294 g/mol. The summed E-state index contributed by atoms with van der Waals surface area (Å²) in [5.74, 6) is -0.494. The van der Waals surface area contributed by atoms with Crippen LogP contribution in [0.3, 0.4) is 0 Å². The molecule has 1 aliphatic rings. The quantitative estimate of drug-likeness (QED) is 0.776. The van der Waals surface area contributed by atoms with E-state index in [1.54, 1.807) is 38.1 Å². The largest absolute Gasteiger partial charge is 0.465 e. The van der Waals surface area contributed by atoms with Gasteiger partial charge < -0.3 is 10.4 Å². The lowest BCUT2D eigenvalue weighted by Gasteiger charge is -2.26. The summed E-state index contributed by atoms with van der Waals surface area (Å²) < 4.78 is 0. The minimum Gasteiger partial charge on any atom is -0.465 e. The molecule has 0 aliphatic carbocycles.